The van der Waals surface area contributed by atoms with Gasteiger partial charge >= 0.3 is 0 Å². The zero-order valence-electron chi connectivity index (χ0n) is 10.1. The fraction of sp³-hybridized carbons (Fsp3) is 0.214. The van der Waals surface area contributed by atoms with E-state index >= 15 is 0 Å². The Hall–Kier alpha value is -1.86. The number of nitriles is 1. The zero-order chi connectivity index (χ0) is 13.4. The number of carbonyl (C=O) groups is 2. The lowest BCUT2D eigenvalue weighted by Crippen LogP contribution is -1.96. The number of carbonyl (C=O) groups excluding carboxylic acids is 2. The Kier molecular flexibility index (Phi) is 5.89. The molecule has 0 aliphatic rings. The van der Waals surface area contributed by atoms with E-state index < -0.39 is 0 Å². The number of nitrogens with zero attached hydrogens (tertiary/aromatic N) is 1. The van der Waals surface area contributed by atoms with Crippen LogP contribution in [0.5, 0.6) is 0 Å². The van der Waals surface area contributed by atoms with Crippen LogP contribution in [0.4, 0.5) is 0 Å². The number of ketones is 1. The van der Waals surface area contributed by atoms with E-state index in [0.717, 1.165) is 5.56 Å². The van der Waals surface area contributed by atoms with E-state index in [4.69, 9.17) is 5.26 Å². The number of thioether (sulfide) groups is 1. The van der Waals surface area contributed by atoms with Crippen LogP contribution in [0.1, 0.15) is 29.3 Å². The second-order valence-electron chi connectivity index (χ2n) is 3.59. The van der Waals surface area contributed by atoms with Crippen LogP contribution in [0, 0.1) is 11.3 Å². The van der Waals surface area contributed by atoms with Crippen LogP contribution in [0.15, 0.2) is 30.3 Å². The van der Waals surface area contributed by atoms with Crippen molar-refractivity contribution >= 4 is 28.7 Å². The Bertz CT molecular complexity index is 498. The van der Waals surface area contributed by atoms with Crippen molar-refractivity contribution in [2.75, 3.05) is 5.75 Å². The van der Waals surface area contributed by atoms with Gasteiger partial charge in [-0.15, -0.1) is 0 Å². The molecule has 0 aliphatic heterocycles. The number of Topliss-reactive ketones (excluding diaryl/α,β-unsaturated/α-hetero) is 1. The molecule has 4 heteroatoms. The second kappa shape index (κ2) is 7.46. The van der Waals surface area contributed by atoms with Gasteiger partial charge in [0.15, 0.2) is 10.9 Å². The molecule has 0 bridgehead atoms. The summed E-state index contributed by atoms with van der Waals surface area (Å²) in [6.45, 7) is 1.54. The summed E-state index contributed by atoms with van der Waals surface area (Å²) in [5, 5.41) is 8.52. The third-order valence-corrected chi connectivity index (χ3v) is 2.93. The highest BCUT2D eigenvalue weighted by Gasteiger charge is 2.03. The Balaban J connectivity index is 2.58. The lowest BCUT2D eigenvalue weighted by atomic mass is 10.1. The van der Waals surface area contributed by atoms with E-state index in [1.807, 2.05) is 30.4 Å². The molecule has 92 valence electrons. The van der Waals surface area contributed by atoms with Crippen LogP contribution in [0.2, 0.25) is 0 Å². The van der Waals surface area contributed by atoms with Crippen LogP contribution >= 0.6 is 11.8 Å². The van der Waals surface area contributed by atoms with Crippen LogP contribution < -0.4 is 0 Å². The molecule has 1 aromatic rings. The van der Waals surface area contributed by atoms with E-state index in [-0.39, 0.29) is 17.3 Å². The highest BCUT2D eigenvalue weighted by atomic mass is 32.2. The Morgan fingerprint density at radius 1 is 1.33 bits per heavy atom. The van der Waals surface area contributed by atoms with Crippen LogP contribution in [0.25, 0.3) is 6.08 Å². The lowest BCUT2D eigenvalue weighted by molar-refractivity contribution is -0.109. The van der Waals surface area contributed by atoms with Gasteiger partial charge in [0.2, 0.25) is 0 Å². The van der Waals surface area contributed by atoms with Crippen LogP contribution in [-0.4, -0.2) is 16.7 Å². The number of rotatable bonds is 5. The predicted molar refractivity (Wildman–Crippen MR) is 73.2 cm³/mol. The summed E-state index contributed by atoms with van der Waals surface area (Å²) < 4.78 is 0. The highest BCUT2D eigenvalue weighted by Crippen LogP contribution is 2.09. The van der Waals surface area contributed by atoms with Gasteiger partial charge in [0.25, 0.3) is 0 Å². The van der Waals surface area contributed by atoms with Gasteiger partial charge in [-0.2, -0.15) is 5.26 Å². The van der Waals surface area contributed by atoms with Crippen molar-refractivity contribution in [3.8, 4) is 6.07 Å². The number of hydrogen-bond acceptors (Lipinski definition) is 4. The largest absolute Gasteiger partial charge is 0.293 e. The molecule has 0 fully saturated rings. The second-order valence-corrected chi connectivity index (χ2v) is 4.78. The number of benzene rings is 1. The summed E-state index contributed by atoms with van der Waals surface area (Å²) in [7, 11) is 0. The quantitative estimate of drug-likeness (QED) is 0.762. The third-order valence-electron chi connectivity index (χ3n) is 2.17. The lowest BCUT2D eigenvalue weighted by Gasteiger charge is -1.97. The molecule has 0 unspecified atom stereocenters. The first-order valence-electron chi connectivity index (χ1n) is 5.43. The molecule has 0 aromatic heterocycles. The standard InChI is InChI=1S/C14H13NO2S/c1-11(16)18-10-2-3-12-4-6-13(7-5-12)14(17)8-9-15/h2-7H,8,10H2,1H3. The van der Waals surface area contributed by atoms with Crippen molar-refractivity contribution < 1.29 is 9.59 Å². The molecule has 0 amide bonds. The minimum Gasteiger partial charge on any atom is -0.293 e. The normalized spacial score (nSPS) is 10.2. The highest BCUT2D eigenvalue weighted by molar-refractivity contribution is 8.13. The Morgan fingerprint density at radius 2 is 2.00 bits per heavy atom. The zero-order valence-corrected chi connectivity index (χ0v) is 10.9. The van der Waals surface area contributed by atoms with Gasteiger partial charge in [0, 0.05) is 18.2 Å². The SMILES string of the molecule is CC(=O)SCC=Cc1ccc(C(=O)CC#N)cc1. The summed E-state index contributed by atoms with van der Waals surface area (Å²) in [6, 6.07) is 8.88. The first kappa shape index (κ1) is 14.2. The molecule has 0 saturated carbocycles. The molecular formula is C14H13NO2S. The van der Waals surface area contributed by atoms with Gasteiger partial charge in [0.1, 0.15) is 0 Å². The monoisotopic (exact) mass is 259 g/mol. The number of hydrogen-bond donors (Lipinski definition) is 0. The topological polar surface area (TPSA) is 57.9 Å². The summed E-state index contributed by atoms with van der Waals surface area (Å²) in [6.07, 6.45) is 3.71. The predicted octanol–water partition coefficient (Wildman–Crippen LogP) is 3.08. The van der Waals surface area contributed by atoms with E-state index in [0.29, 0.717) is 11.3 Å². The molecule has 0 saturated heterocycles. The van der Waals surface area contributed by atoms with Crippen molar-refractivity contribution in [1.29, 1.82) is 5.26 Å². The van der Waals surface area contributed by atoms with Crippen LogP contribution in [-0.2, 0) is 4.79 Å². The van der Waals surface area contributed by atoms with Gasteiger partial charge in [0.05, 0.1) is 12.5 Å². The van der Waals surface area contributed by atoms with Gasteiger partial charge in [-0.1, -0.05) is 48.2 Å². The summed E-state index contributed by atoms with van der Waals surface area (Å²) >= 11 is 1.25. The molecule has 3 nitrogen and oxygen atoms in total. The Labute approximate surface area is 111 Å². The molecular weight excluding hydrogens is 246 g/mol. The van der Waals surface area contributed by atoms with Gasteiger partial charge in [-0.3, -0.25) is 9.59 Å². The molecule has 0 spiro atoms. The summed E-state index contributed by atoms with van der Waals surface area (Å²) in [5.41, 5.74) is 1.51. The average Bonchev–Trinajstić information content (AvgIpc) is 2.35. The third kappa shape index (κ3) is 4.98. The smallest absolute Gasteiger partial charge is 0.186 e. The molecule has 18 heavy (non-hydrogen) atoms. The first-order valence-corrected chi connectivity index (χ1v) is 6.42. The fourth-order valence-electron chi connectivity index (χ4n) is 1.30. The van der Waals surface area contributed by atoms with E-state index in [9.17, 15) is 9.59 Å². The molecule has 0 aliphatic carbocycles. The molecule has 0 radical (unpaired) electrons. The van der Waals surface area contributed by atoms with Crippen molar-refractivity contribution in [1.82, 2.24) is 0 Å². The maximum Gasteiger partial charge on any atom is 0.186 e. The fourth-order valence-corrected chi connectivity index (χ4v) is 1.73. The molecule has 0 N–H and O–H groups in total. The molecule has 0 atom stereocenters. The van der Waals surface area contributed by atoms with E-state index in [1.54, 1.807) is 12.1 Å². The molecule has 1 aromatic carbocycles. The minimum atomic E-state index is -0.167. The molecule has 0 heterocycles. The van der Waals surface area contributed by atoms with Gasteiger partial charge in [-0.05, 0) is 5.56 Å². The van der Waals surface area contributed by atoms with E-state index in [1.165, 1.54) is 18.7 Å². The molecule has 1 rings (SSSR count). The Morgan fingerprint density at radius 3 is 2.56 bits per heavy atom. The van der Waals surface area contributed by atoms with Crippen molar-refractivity contribution in [3.63, 3.8) is 0 Å². The summed E-state index contributed by atoms with van der Waals surface area (Å²) in [4.78, 5) is 22.1. The average molecular weight is 259 g/mol. The minimum absolute atomic E-state index is 0.0928. The summed E-state index contributed by atoms with van der Waals surface area (Å²) in [5.74, 6) is 0.477. The maximum absolute atomic E-state index is 11.4. The van der Waals surface area contributed by atoms with Crippen molar-refractivity contribution in [3.05, 3.63) is 41.5 Å². The van der Waals surface area contributed by atoms with Crippen molar-refractivity contribution in [2.24, 2.45) is 0 Å². The van der Waals surface area contributed by atoms with E-state index in [2.05, 4.69) is 0 Å². The van der Waals surface area contributed by atoms with Crippen molar-refractivity contribution in [2.45, 2.75) is 13.3 Å². The first-order chi connectivity index (χ1) is 8.63. The maximum atomic E-state index is 11.4. The van der Waals surface area contributed by atoms with Gasteiger partial charge in [-0.25, -0.2) is 0 Å². The van der Waals surface area contributed by atoms with Crippen LogP contribution in [0.3, 0.4) is 0 Å². The van der Waals surface area contributed by atoms with Gasteiger partial charge < -0.3 is 0 Å².